The molecule has 0 aromatic carbocycles. The molecule has 0 saturated heterocycles. The zero-order chi connectivity index (χ0) is 11.0. The van der Waals surface area contributed by atoms with Crippen LogP contribution in [0.4, 0.5) is 0 Å². The minimum absolute atomic E-state index is 0.132. The van der Waals surface area contributed by atoms with Crippen LogP contribution >= 0.6 is 0 Å². The third kappa shape index (κ3) is 6.22. The van der Waals surface area contributed by atoms with Gasteiger partial charge in [0.25, 0.3) is 0 Å². The van der Waals surface area contributed by atoms with Gasteiger partial charge in [0.15, 0.2) is 0 Å². The zero-order valence-corrected chi connectivity index (χ0v) is 8.83. The quantitative estimate of drug-likeness (QED) is 0.498. The fourth-order valence-electron chi connectivity index (χ4n) is 0.876. The van der Waals surface area contributed by atoms with E-state index in [9.17, 15) is 9.59 Å². The van der Waals surface area contributed by atoms with Crippen molar-refractivity contribution in [1.82, 2.24) is 0 Å². The first-order valence-electron chi connectivity index (χ1n) is 4.59. The van der Waals surface area contributed by atoms with Crippen molar-refractivity contribution in [3.05, 3.63) is 11.6 Å². The van der Waals surface area contributed by atoms with Gasteiger partial charge in [0.05, 0.1) is 19.6 Å². The summed E-state index contributed by atoms with van der Waals surface area (Å²) >= 11 is 0. The Morgan fingerprint density at radius 2 is 1.71 bits per heavy atom. The smallest absolute Gasteiger partial charge is 0.330 e. The molecule has 0 saturated carbocycles. The molecule has 0 aromatic rings. The molecule has 0 heterocycles. The minimum atomic E-state index is -0.422. The second kappa shape index (κ2) is 7.12. The molecule has 4 heteroatoms. The molecule has 0 radical (unpaired) electrons. The number of ether oxygens (including phenoxy) is 2. The normalized spacial score (nSPS) is 10.9. The van der Waals surface area contributed by atoms with Crippen molar-refractivity contribution in [3.8, 4) is 0 Å². The van der Waals surface area contributed by atoms with Crippen molar-refractivity contribution in [1.29, 1.82) is 0 Å². The van der Waals surface area contributed by atoms with Crippen LogP contribution in [0.2, 0.25) is 0 Å². The van der Waals surface area contributed by atoms with Gasteiger partial charge in [-0.2, -0.15) is 0 Å². The molecule has 4 nitrogen and oxygen atoms in total. The first kappa shape index (κ1) is 12.7. The molecular weight excluding hydrogens is 184 g/mol. The molecule has 80 valence electrons. The molecule has 0 amide bonds. The van der Waals surface area contributed by atoms with Gasteiger partial charge in [0.2, 0.25) is 0 Å². The van der Waals surface area contributed by atoms with E-state index in [-0.39, 0.29) is 12.4 Å². The van der Waals surface area contributed by atoms with Gasteiger partial charge in [-0.05, 0) is 20.8 Å². The van der Waals surface area contributed by atoms with E-state index in [2.05, 4.69) is 4.74 Å². The predicted molar refractivity (Wildman–Crippen MR) is 51.6 cm³/mol. The molecule has 0 aliphatic heterocycles. The molecule has 0 bridgehead atoms. The maximum atomic E-state index is 11.0. The number of rotatable bonds is 5. The summed E-state index contributed by atoms with van der Waals surface area (Å²) in [4.78, 5) is 21.9. The molecule has 0 aliphatic carbocycles. The van der Waals surface area contributed by atoms with Crippen molar-refractivity contribution >= 4 is 11.9 Å². The Labute approximate surface area is 83.9 Å². The van der Waals surface area contributed by atoms with Gasteiger partial charge in [0.1, 0.15) is 0 Å². The summed E-state index contributed by atoms with van der Waals surface area (Å²) in [6.07, 6.45) is 1.44. The van der Waals surface area contributed by atoms with E-state index in [1.54, 1.807) is 20.8 Å². The van der Waals surface area contributed by atoms with E-state index >= 15 is 0 Å². The molecule has 0 rings (SSSR count). The van der Waals surface area contributed by atoms with Gasteiger partial charge >= 0.3 is 11.9 Å². The summed E-state index contributed by atoms with van der Waals surface area (Å²) in [5.74, 6) is -0.750. The number of hydrogen-bond donors (Lipinski definition) is 0. The molecule has 0 aromatic heterocycles. The van der Waals surface area contributed by atoms with Crippen LogP contribution in [0, 0.1) is 0 Å². The average molecular weight is 200 g/mol. The lowest BCUT2D eigenvalue weighted by molar-refractivity contribution is -0.142. The van der Waals surface area contributed by atoms with Crippen molar-refractivity contribution in [2.24, 2.45) is 0 Å². The van der Waals surface area contributed by atoms with Crippen LogP contribution in [0.1, 0.15) is 27.2 Å². The van der Waals surface area contributed by atoms with E-state index in [1.807, 2.05) is 0 Å². The van der Waals surface area contributed by atoms with Crippen LogP contribution in [0.3, 0.4) is 0 Å². The monoisotopic (exact) mass is 200 g/mol. The number of carbonyl (C=O) groups excluding carboxylic acids is 2. The second-order valence-corrected chi connectivity index (χ2v) is 2.72. The maximum Gasteiger partial charge on any atom is 0.330 e. The summed E-state index contributed by atoms with van der Waals surface area (Å²) < 4.78 is 9.41. The molecule has 0 spiro atoms. The second-order valence-electron chi connectivity index (χ2n) is 2.72. The first-order valence-corrected chi connectivity index (χ1v) is 4.59. The standard InChI is InChI=1S/C10H16O4/c1-4-13-9(11)6-8(3)7-10(12)14-5-2/h6H,4-5,7H2,1-3H3/b8-6+. The third-order valence-electron chi connectivity index (χ3n) is 1.38. The van der Waals surface area contributed by atoms with Gasteiger partial charge in [-0.3, -0.25) is 4.79 Å². The van der Waals surface area contributed by atoms with E-state index in [4.69, 9.17) is 4.74 Å². The van der Waals surface area contributed by atoms with E-state index < -0.39 is 5.97 Å². The maximum absolute atomic E-state index is 11.0. The Morgan fingerprint density at radius 1 is 1.14 bits per heavy atom. The molecule has 0 fully saturated rings. The molecule has 0 unspecified atom stereocenters. The summed E-state index contributed by atoms with van der Waals surface area (Å²) in [7, 11) is 0. The summed E-state index contributed by atoms with van der Waals surface area (Å²) in [5.41, 5.74) is 0.641. The van der Waals surface area contributed by atoms with Crippen LogP contribution in [0.5, 0.6) is 0 Å². The predicted octanol–water partition coefficient (Wildman–Crippen LogP) is 1.45. The Balaban J connectivity index is 3.99. The lowest BCUT2D eigenvalue weighted by atomic mass is 10.2. The molecule has 0 atom stereocenters. The average Bonchev–Trinajstić information content (AvgIpc) is 2.03. The highest BCUT2D eigenvalue weighted by molar-refractivity contribution is 5.84. The summed E-state index contributed by atoms with van der Waals surface area (Å²) in [6, 6.07) is 0. The number of hydrogen-bond acceptors (Lipinski definition) is 4. The molecule has 14 heavy (non-hydrogen) atoms. The van der Waals surface area contributed by atoms with E-state index in [1.165, 1.54) is 6.08 Å². The lowest BCUT2D eigenvalue weighted by Crippen LogP contribution is -2.06. The SMILES string of the molecule is CCOC(=O)/C=C(\C)CC(=O)OCC. The highest BCUT2D eigenvalue weighted by Gasteiger charge is 2.04. The van der Waals surface area contributed by atoms with Crippen molar-refractivity contribution in [2.75, 3.05) is 13.2 Å². The number of esters is 2. The van der Waals surface area contributed by atoms with E-state index in [0.717, 1.165) is 0 Å². The highest BCUT2D eigenvalue weighted by atomic mass is 16.5. The summed E-state index contributed by atoms with van der Waals surface area (Å²) in [5, 5.41) is 0. The van der Waals surface area contributed by atoms with Gasteiger partial charge in [-0.15, -0.1) is 0 Å². The Hall–Kier alpha value is -1.32. The zero-order valence-electron chi connectivity index (χ0n) is 8.83. The van der Waals surface area contributed by atoms with Crippen molar-refractivity contribution < 1.29 is 19.1 Å². The van der Waals surface area contributed by atoms with Gasteiger partial charge in [-0.25, -0.2) is 4.79 Å². The summed E-state index contributed by atoms with van der Waals surface area (Å²) in [6.45, 7) is 5.84. The van der Waals surface area contributed by atoms with Crippen LogP contribution in [0.15, 0.2) is 11.6 Å². The third-order valence-corrected chi connectivity index (χ3v) is 1.38. The van der Waals surface area contributed by atoms with Crippen LogP contribution in [0.25, 0.3) is 0 Å². The largest absolute Gasteiger partial charge is 0.466 e. The Kier molecular flexibility index (Phi) is 6.45. The molecular formula is C10H16O4. The van der Waals surface area contributed by atoms with Crippen molar-refractivity contribution in [3.63, 3.8) is 0 Å². The van der Waals surface area contributed by atoms with Crippen LogP contribution in [-0.4, -0.2) is 25.2 Å². The topological polar surface area (TPSA) is 52.6 Å². The van der Waals surface area contributed by atoms with Crippen LogP contribution < -0.4 is 0 Å². The minimum Gasteiger partial charge on any atom is -0.466 e. The first-order chi connectivity index (χ1) is 6.60. The fourth-order valence-corrected chi connectivity index (χ4v) is 0.876. The lowest BCUT2D eigenvalue weighted by Gasteiger charge is -2.01. The van der Waals surface area contributed by atoms with Gasteiger partial charge < -0.3 is 9.47 Å². The Morgan fingerprint density at radius 3 is 2.21 bits per heavy atom. The Bertz CT molecular complexity index is 230. The number of carbonyl (C=O) groups is 2. The fraction of sp³-hybridized carbons (Fsp3) is 0.600. The van der Waals surface area contributed by atoms with Gasteiger partial charge in [0, 0.05) is 6.08 Å². The van der Waals surface area contributed by atoms with Gasteiger partial charge in [-0.1, -0.05) is 5.57 Å². The molecule has 0 N–H and O–H groups in total. The van der Waals surface area contributed by atoms with E-state index in [0.29, 0.717) is 18.8 Å². The van der Waals surface area contributed by atoms with Crippen molar-refractivity contribution in [2.45, 2.75) is 27.2 Å². The van der Waals surface area contributed by atoms with Crippen LogP contribution in [-0.2, 0) is 19.1 Å². The highest BCUT2D eigenvalue weighted by Crippen LogP contribution is 2.02. The molecule has 0 aliphatic rings.